The molecule has 0 saturated carbocycles. The number of phenolic OH excluding ortho intramolecular Hbond substituents is 1. The lowest BCUT2D eigenvalue weighted by atomic mass is 9.72. The van der Waals surface area contributed by atoms with Gasteiger partial charge in [-0.1, -0.05) is 6.92 Å². The molecule has 4 unspecified atom stereocenters. The predicted octanol–water partition coefficient (Wildman–Crippen LogP) is 4.29. The number of aryl methyl sites for hydroxylation is 1. The third-order valence-corrected chi connectivity index (χ3v) is 7.90. The van der Waals surface area contributed by atoms with Gasteiger partial charge in [-0.3, -0.25) is 18.8 Å². The minimum Gasteiger partial charge on any atom is -0.507 e. The predicted molar refractivity (Wildman–Crippen MR) is 148 cm³/mol. The normalized spacial score (nSPS) is 17.1. The van der Waals surface area contributed by atoms with Crippen LogP contribution in [0.1, 0.15) is 67.4 Å². The fraction of sp³-hybridized carbons (Fsp3) is 0.548. The maximum atomic E-state index is 13.5. The molecule has 0 spiro atoms. The summed E-state index contributed by atoms with van der Waals surface area (Å²) in [5.74, 6) is -2.17. The van der Waals surface area contributed by atoms with Gasteiger partial charge in [0.1, 0.15) is 17.3 Å². The van der Waals surface area contributed by atoms with Crippen molar-refractivity contribution in [3.05, 3.63) is 41.1 Å². The van der Waals surface area contributed by atoms with Crippen molar-refractivity contribution in [2.75, 3.05) is 27.0 Å². The molecule has 1 aromatic carbocycles. The van der Waals surface area contributed by atoms with E-state index in [4.69, 9.17) is 4.74 Å². The topological polar surface area (TPSA) is 134 Å². The highest BCUT2D eigenvalue weighted by Crippen LogP contribution is 2.43. The van der Waals surface area contributed by atoms with Gasteiger partial charge in [0.15, 0.2) is 5.78 Å². The number of pyridine rings is 1. The number of nitrogens with zero attached hydrogens (tertiary/aromatic N) is 1. The van der Waals surface area contributed by atoms with Gasteiger partial charge < -0.3 is 20.1 Å². The number of benzene rings is 1. The van der Waals surface area contributed by atoms with Gasteiger partial charge >= 0.3 is 0 Å². The number of aromatic hydroxyl groups is 1. The molecule has 3 N–H and O–H groups in total. The van der Waals surface area contributed by atoms with Crippen molar-refractivity contribution in [1.29, 1.82) is 0 Å². The summed E-state index contributed by atoms with van der Waals surface area (Å²) < 4.78 is 18.3. The van der Waals surface area contributed by atoms with Gasteiger partial charge in [0.05, 0.1) is 32.4 Å². The molecule has 2 aromatic rings. The van der Waals surface area contributed by atoms with Crippen LogP contribution in [0.5, 0.6) is 11.6 Å². The number of hydrogen-bond acceptors (Lipinski definition) is 8. The standard InChI is InChI=1S/C31H40FNO7/c1-18(15-32)4-5-22-14-24(23-6-7-29(40-3)33-16-23)25-12-20(13-28(38)30(25)31(22)39)11-21(8-9-34)26(17-35)27(37)10-19(2)36/h6-7,14,16,18,20-21,26,34-35,39H,4-5,8-13,15,17H2,1-3H3. The van der Waals surface area contributed by atoms with E-state index >= 15 is 0 Å². The highest BCUT2D eigenvalue weighted by Gasteiger charge is 2.36. The van der Waals surface area contributed by atoms with Crippen LogP contribution in [0.3, 0.4) is 0 Å². The van der Waals surface area contributed by atoms with Gasteiger partial charge in [0, 0.05) is 36.8 Å². The van der Waals surface area contributed by atoms with Crippen molar-refractivity contribution in [3.63, 3.8) is 0 Å². The van der Waals surface area contributed by atoms with Crippen LogP contribution in [0.2, 0.25) is 0 Å². The third-order valence-electron chi connectivity index (χ3n) is 7.90. The summed E-state index contributed by atoms with van der Waals surface area (Å²) >= 11 is 0. The van der Waals surface area contributed by atoms with Crippen LogP contribution in [0.4, 0.5) is 4.39 Å². The molecule has 40 heavy (non-hydrogen) atoms. The molecule has 8 nitrogen and oxygen atoms in total. The Morgan fingerprint density at radius 2 is 1.95 bits per heavy atom. The van der Waals surface area contributed by atoms with Gasteiger partial charge in [0.2, 0.25) is 5.88 Å². The summed E-state index contributed by atoms with van der Waals surface area (Å²) in [5, 5.41) is 30.9. The average Bonchev–Trinajstić information content (AvgIpc) is 2.92. The Bertz CT molecular complexity index is 1200. The molecule has 1 aliphatic rings. The highest BCUT2D eigenvalue weighted by molar-refractivity contribution is 6.03. The Kier molecular flexibility index (Phi) is 11.3. The summed E-state index contributed by atoms with van der Waals surface area (Å²) in [4.78, 5) is 42.1. The number of rotatable bonds is 15. The van der Waals surface area contributed by atoms with Gasteiger partial charge in [-0.2, -0.15) is 0 Å². The molecule has 0 aliphatic heterocycles. The van der Waals surface area contributed by atoms with Crippen LogP contribution in [0.25, 0.3) is 11.1 Å². The lowest BCUT2D eigenvalue weighted by Gasteiger charge is -2.32. The van der Waals surface area contributed by atoms with Crippen LogP contribution in [0.15, 0.2) is 24.4 Å². The molecular formula is C31H40FNO7. The summed E-state index contributed by atoms with van der Waals surface area (Å²) in [7, 11) is 1.52. The highest BCUT2D eigenvalue weighted by atomic mass is 19.1. The van der Waals surface area contributed by atoms with E-state index in [1.54, 1.807) is 19.2 Å². The van der Waals surface area contributed by atoms with Crippen molar-refractivity contribution in [2.24, 2.45) is 23.7 Å². The minimum absolute atomic E-state index is 0.0773. The molecule has 0 fully saturated rings. The number of ether oxygens (including phenoxy) is 1. The fourth-order valence-electron chi connectivity index (χ4n) is 5.73. The number of alkyl halides is 1. The summed E-state index contributed by atoms with van der Waals surface area (Å²) in [6, 6.07) is 5.39. The largest absolute Gasteiger partial charge is 0.507 e. The number of methoxy groups -OCH3 is 1. The molecule has 0 radical (unpaired) electrons. The SMILES string of the molecule is COc1ccc(-c2cc(CCC(C)CF)c(O)c3c2CC(CC(CCO)C(CO)C(=O)CC(C)=O)CC3=O)cn1. The molecule has 0 bridgehead atoms. The quantitative estimate of drug-likeness (QED) is 0.276. The first-order chi connectivity index (χ1) is 19.1. The Hall–Kier alpha value is -3.17. The number of halogens is 1. The van der Waals surface area contributed by atoms with E-state index in [1.165, 1.54) is 14.0 Å². The monoisotopic (exact) mass is 557 g/mol. The molecule has 9 heteroatoms. The van der Waals surface area contributed by atoms with E-state index < -0.39 is 25.1 Å². The second-order valence-electron chi connectivity index (χ2n) is 11.0. The molecule has 0 amide bonds. The lowest BCUT2D eigenvalue weighted by molar-refractivity contribution is -0.131. The molecule has 1 aromatic heterocycles. The van der Waals surface area contributed by atoms with E-state index in [9.17, 15) is 34.1 Å². The number of fused-ring (bicyclic) bond motifs is 1. The van der Waals surface area contributed by atoms with Crippen molar-refractivity contribution >= 4 is 17.3 Å². The molecule has 1 aliphatic carbocycles. The molecule has 0 saturated heterocycles. The van der Waals surface area contributed by atoms with Crippen LogP contribution >= 0.6 is 0 Å². The number of carbonyl (C=O) groups is 3. The van der Waals surface area contributed by atoms with Crippen molar-refractivity contribution in [1.82, 2.24) is 4.98 Å². The van der Waals surface area contributed by atoms with Crippen LogP contribution in [-0.2, 0) is 22.4 Å². The second kappa shape index (κ2) is 14.5. The molecule has 4 atom stereocenters. The van der Waals surface area contributed by atoms with Crippen molar-refractivity contribution < 1.29 is 38.8 Å². The Labute approximate surface area is 234 Å². The van der Waals surface area contributed by atoms with Crippen molar-refractivity contribution in [2.45, 2.75) is 58.8 Å². The smallest absolute Gasteiger partial charge is 0.212 e. The fourth-order valence-corrected chi connectivity index (χ4v) is 5.73. The molecule has 218 valence electrons. The van der Waals surface area contributed by atoms with Crippen LogP contribution < -0.4 is 4.74 Å². The Morgan fingerprint density at radius 3 is 2.52 bits per heavy atom. The zero-order chi connectivity index (χ0) is 29.4. The number of aromatic nitrogens is 1. The van der Waals surface area contributed by atoms with E-state index in [0.29, 0.717) is 42.7 Å². The first-order valence-corrected chi connectivity index (χ1v) is 13.8. The van der Waals surface area contributed by atoms with E-state index in [2.05, 4.69) is 4.98 Å². The maximum absolute atomic E-state index is 13.5. The zero-order valence-electron chi connectivity index (χ0n) is 23.5. The average molecular weight is 558 g/mol. The first-order valence-electron chi connectivity index (χ1n) is 13.8. The van der Waals surface area contributed by atoms with E-state index in [-0.39, 0.29) is 66.4 Å². The Morgan fingerprint density at radius 1 is 1.20 bits per heavy atom. The lowest BCUT2D eigenvalue weighted by Crippen LogP contribution is -2.32. The zero-order valence-corrected chi connectivity index (χ0v) is 23.5. The molecule has 1 heterocycles. The number of phenols is 1. The minimum atomic E-state index is -0.814. The van der Waals surface area contributed by atoms with Gasteiger partial charge in [-0.25, -0.2) is 4.98 Å². The number of carbonyl (C=O) groups excluding carboxylic acids is 3. The summed E-state index contributed by atoms with van der Waals surface area (Å²) in [6.07, 6.45) is 3.47. The van der Waals surface area contributed by atoms with E-state index in [1.807, 2.05) is 12.1 Å². The van der Waals surface area contributed by atoms with Gasteiger partial charge in [-0.15, -0.1) is 0 Å². The van der Waals surface area contributed by atoms with Gasteiger partial charge in [0.25, 0.3) is 0 Å². The Balaban J connectivity index is 2.01. The third kappa shape index (κ3) is 7.52. The maximum Gasteiger partial charge on any atom is 0.212 e. The van der Waals surface area contributed by atoms with Crippen molar-refractivity contribution in [3.8, 4) is 22.8 Å². The summed E-state index contributed by atoms with van der Waals surface area (Å²) in [5.41, 5.74) is 2.99. The number of aliphatic hydroxyl groups excluding tert-OH is 2. The molecular weight excluding hydrogens is 517 g/mol. The van der Waals surface area contributed by atoms with E-state index in [0.717, 1.165) is 11.1 Å². The number of hydrogen-bond donors (Lipinski definition) is 3. The van der Waals surface area contributed by atoms with Crippen LogP contribution in [0, 0.1) is 23.7 Å². The van der Waals surface area contributed by atoms with Gasteiger partial charge in [-0.05, 0) is 85.6 Å². The number of aliphatic hydroxyl groups is 2. The summed E-state index contributed by atoms with van der Waals surface area (Å²) in [6.45, 7) is 2.00. The first kappa shape index (κ1) is 31.4. The van der Waals surface area contributed by atoms with Crippen LogP contribution in [-0.4, -0.2) is 64.7 Å². The number of Topliss-reactive ketones (excluding diaryl/α,β-unsaturated/α-hetero) is 3. The molecule has 3 rings (SSSR count). The number of ketones is 3. The second-order valence-corrected chi connectivity index (χ2v) is 11.0.